The molecule has 0 fully saturated rings. The second-order valence-corrected chi connectivity index (χ2v) is 10.3. The first kappa shape index (κ1) is 37.8. The summed E-state index contributed by atoms with van der Waals surface area (Å²) in [6.45, 7) is 8.18. The number of fused-ring (bicyclic) bond motifs is 3. The number of nitrogens with zero attached hydrogens (tertiary/aromatic N) is 1. The fourth-order valence-corrected chi connectivity index (χ4v) is 4.70. The molecule has 46 heavy (non-hydrogen) atoms. The number of hydrogen-bond acceptors (Lipinski definition) is 11. The summed E-state index contributed by atoms with van der Waals surface area (Å²) in [5, 5.41) is 8.59. The average Bonchev–Trinajstić information content (AvgIpc) is 3.40. The first-order valence-corrected chi connectivity index (χ1v) is 16.0. The van der Waals surface area contributed by atoms with Gasteiger partial charge in [-0.3, -0.25) is 0 Å². The quantitative estimate of drug-likeness (QED) is 0.137. The summed E-state index contributed by atoms with van der Waals surface area (Å²) in [4.78, 5) is 14.1. The summed E-state index contributed by atoms with van der Waals surface area (Å²) in [6, 6.07) is 16.6. The van der Waals surface area contributed by atoms with Gasteiger partial charge in [-0.15, -0.1) is 0 Å². The number of benzene rings is 2. The number of carbonyl (C=O) groups excluding carboxylic acids is 1. The van der Waals surface area contributed by atoms with E-state index in [2.05, 4.69) is 24.3 Å². The Balaban J connectivity index is 1.04. The van der Waals surface area contributed by atoms with Gasteiger partial charge in [0.2, 0.25) is 0 Å². The molecule has 1 N–H and O–H groups in total. The Bertz CT molecular complexity index is 1030. The van der Waals surface area contributed by atoms with Gasteiger partial charge in [-0.05, 0) is 22.3 Å². The topological polar surface area (TPSA) is 124 Å². The Morgan fingerprint density at radius 3 is 1.30 bits per heavy atom. The highest BCUT2D eigenvalue weighted by Crippen LogP contribution is 2.44. The molecule has 0 unspecified atom stereocenters. The lowest BCUT2D eigenvalue weighted by Gasteiger charge is -2.19. The monoisotopic (exact) mass is 649 g/mol. The summed E-state index contributed by atoms with van der Waals surface area (Å²) < 4.78 is 49.0. The van der Waals surface area contributed by atoms with Crippen LogP contribution in [0.3, 0.4) is 0 Å². The molecule has 1 aliphatic rings. The Hall–Kier alpha value is -2.65. The van der Waals surface area contributed by atoms with E-state index in [1.54, 1.807) is 7.05 Å². The van der Waals surface area contributed by atoms with Crippen molar-refractivity contribution in [3.63, 3.8) is 0 Å². The van der Waals surface area contributed by atoms with Crippen molar-refractivity contribution in [1.82, 2.24) is 4.90 Å². The molecule has 2 aromatic carbocycles. The number of likely N-dealkylation sites (N-methyl/N-ethyl adjacent to an activating group) is 1. The Kier molecular flexibility index (Phi) is 20.1. The molecule has 0 aliphatic heterocycles. The number of aliphatic hydroxyl groups is 1. The molecule has 1 amide bonds. The molecule has 1 aliphatic carbocycles. The molecule has 258 valence electrons. The summed E-state index contributed by atoms with van der Waals surface area (Å²) in [5.74, 6) is 0.0408. The Morgan fingerprint density at radius 2 is 0.913 bits per heavy atom. The van der Waals surface area contributed by atoms with Crippen molar-refractivity contribution in [2.24, 2.45) is 0 Å². The lowest BCUT2D eigenvalue weighted by molar-refractivity contribution is -0.0240. The van der Waals surface area contributed by atoms with Crippen LogP contribution in [0, 0.1) is 0 Å². The van der Waals surface area contributed by atoms with E-state index in [0.717, 1.165) is 0 Å². The molecule has 12 nitrogen and oxygen atoms in total. The van der Waals surface area contributed by atoms with Crippen LogP contribution in [0.4, 0.5) is 4.79 Å². The maximum Gasteiger partial charge on any atom is 0.409 e. The van der Waals surface area contributed by atoms with E-state index in [-0.39, 0.29) is 18.6 Å². The van der Waals surface area contributed by atoms with Crippen LogP contribution in [0.1, 0.15) is 17.0 Å². The van der Waals surface area contributed by atoms with Crippen molar-refractivity contribution in [3.8, 4) is 11.1 Å². The van der Waals surface area contributed by atoms with E-state index in [4.69, 9.17) is 47.7 Å². The first-order valence-electron chi connectivity index (χ1n) is 16.0. The SMILES string of the molecule is CN(CCOCCOCCOCCOCCOCCOCCOCCOCCO)C(=O)OCC1c2ccccc2-c2ccccc21. The summed E-state index contributed by atoms with van der Waals surface area (Å²) in [7, 11) is 1.71. The number of ether oxygens (including phenoxy) is 9. The van der Waals surface area contributed by atoms with Gasteiger partial charge < -0.3 is 52.6 Å². The fourth-order valence-electron chi connectivity index (χ4n) is 4.70. The van der Waals surface area contributed by atoms with Crippen molar-refractivity contribution >= 4 is 6.09 Å². The Labute approximate surface area is 272 Å². The van der Waals surface area contributed by atoms with E-state index in [0.29, 0.717) is 119 Å². The first-order chi connectivity index (χ1) is 22.7. The predicted octanol–water partition coefficient (Wildman–Crippen LogP) is 2.99. The standard InChI is InChI=1S/C34H51NO11/c1-35(34(37)46-28-33-31-8-4-2-6-29(31)30-7-3-5-9-32(30)33)10-12-38-14-16-40-18-20-42-22-24-44-26-27-45-25-23-43-21-19-41-17-15-39-13-11-36/h2-9,33,36H,10-28H2,1H3. The van der Waals surface area contributed by atoms with Gasteiger partial charge in [-0.2, -0.15) is 0 Å². The van der Waals surface area contributed by atoms with Crippen molar-refractivity contribution in [2.45, 2.75) is 5.92 Å². The van der Waals surface area contributed by atoms with Crippen LogP contribution < -0.4 is 0 Å². The maximum atomic E-state index is 12.6. The van der Waals surface area contributed by atoms with Crippen molar-refractivity contribution in [1.29, 1.82) is 0 Å². The second kappa shape index (κ2) is 24.5. The number of rotatable bonds is 28. The van der Waals surface area contributed by atoms with Crippen LogP contribution in [0.25, 0.3) is 11.1 Å². The summed E-state index contributed by atoms with van der Waals surface area (Å²) in [5.41, 5.74) is 4.80. The lowest BCUT2D eigenvalue weighted by Crippen LogP contribution is -2.32. The third-order valence-corrected chi connectivity index (χ3v) is 7.06. The van der Waals surface area contributed by atoms with Gasteiger partial charge in [0.25, 0.3) is 0 Å². The predicted molar refractivity (Wildman–Crippen MR) is 171 cm³/mol. The normalized spacial score (nSPS) is 12.3. The molecule has 0 aromatic heterocycles. The fraction of sp³-hybridized carbons (Fsp3) is 0.618. The molecule has 2 aromatic rings. The molecule has 0 saturated carbocycles. The average molecular weight is 650 g/mol. The number of amides is 1. The van der Waals surface area contributed by atoms with Crippen LogP contribution in [-0.2, 0) is 42.6 Å². The molecule has 3 rings (SSSR count). The molecule has 0 spiro atoms. The lowest BCUT2D eigenvalue weighted by atomic mass is 9.98. The zero-order chi connectivity index (χ0) is 32.5. The van der Waals surface area contributed by atoms with Crippen LogP contribution in [0.15, 0.2) is 48.5 Å². The van der Waals surface area contributed by atoms with Gasteiger partial charge in [-0.1, -0.05) is 48.5 Å². The maximum absolute atomic E-state index is 12.6. The van der Waals surface area contributed by atoms with Crippen LogP contribution in [0.2, 0.25) is 0 Å². The van der Waals surface area contributed by atoms with Gasteiger partial charge >= 0.3 is 6.09 Å². The molecule has 12 heteroatoms. The molecule has 0 heterocycles. The van der Waals surface area contributed by atoms with Gasteiger partial charge in [0.15, 0.2) is 0 Å². The van der Waals surface area contributed by atoms with E-state index in [1.165, 1.54) is 27.2 Å². The van der Waals surface area contributed by atoms with Crippen molar-refractivity contribution in [3.05, 3.63) is 59.7 Å². The molecule has 0 saturated heterocycles. The smallest absolute Gasteiger partial charge is 0.409 e. The van der Waals surface area contributed by atoms with Crippen LogP contribution >= 0.6 is 0 Å². The molecule has 0 bridgehead atoms. The zero-order valence-corrected chi connectivity index (χ0v) is 27.1. The number of carbonyl (C=O) groups is 1. The molecule has 0 radical (unpaired) electrons. The summed E-state index contributed by atoms with van der Waals surface area (Å²) in [6.07, 6.45) is -0.364. The Morgan fingerprint density at radius 1 is 0.565 bits per heavy atom. The third kappa shape index (κ3) is 14.8. The number of hydrogen-bond donors (Lipinski definition) is 1. The minimum Gasteiger partial charge on any atom is -0.448 e. The van der Waals surface area contributed by atoms with Crippen LogP contribution in [-0.4, -0.2) is 149 Å². The highest BCUT2D eigenvalue weighted by Gasteiger charge is 2.29. The third-order valence-electron chi connectivity index (χ3n) is 7.06. The second-order valence-electron chi connectivity index (χ2n) is 10.3. The van der Waals surface area contributed by atoms with E-state index >= 15 is 0 Å². The van der Waals surface area contributed by atoms with Gasteiger partial charge in [0.1, 0.15) is 6.61 Å². The van der Waals surface area contributed by atoms with E-state index in [1.807, 2.05) is 24.3 Å². The minimum absolute atomic E-state index is 0.0212. The minimum atomic E-state index is -0.364. The van der Waals surface area contributed by atoms with E-state index < -0.39 is 0 Å². The van der Waals surface area contributed by atoms with Crippen molar-refractivity contribution in [2.75, 3.05) is 133 Å². The highest BCUT2D eigenvalue weighted by atomic mass is 16.6. The van der Waals surface area contributed by atoms with Gasteiger partial charge in [0.05, 0.1) is 112 Å². The highest BCUT2D eigenvalue weighted by molar-refractivity contribution is 5.79. The molecule has 0 atom stereocenters. The molecular weight excluding hydrogens is 598 g/mol. The van der Waals surface area contributed by atoms with Crippen LogP contribution in [0.5, 0.6) is 0 Å². The van der Waals surface area contributed by atoms with Crippen molar-refractivity contribution < 1.29 is 52.5 Å². The molecular formula is C34H51NO11. The van der Waals surface area contributed by atoms with Gasteiger partial charge in [0, 0.05) is 19.5 Å². The van der Waals surface area contributed by atoms with Gasteiger partial charge in [-0.25, -0.2) is 4.79 Å². The number of aliphatic hydroxyl groups excluding tert-OH is 1. The zero-order valence-electron chi connectivity index (χ0n) is 27.1. The van der Waals surface area contributed by atoms with E-state index in [9.17, 15) is 4.79 Å². The largest absolute Gasteiger partial charge is 0.448 e. The summed E-state index contributed by atoms with van der Waals surface area (Å²) >= 11 is 0.